The fourth-order valence-electron chi connectivity index (χ4n) is 8.29. The molecule has 6 amide bonds. The molecule has 18 heteroatoms. The highest BCUT2D eigenvalue weighted by atomic mass is 19.4. The average Bonchev–Trinajstić information content (AvgIpc) is 3.85. The van der Waals surface area contributed by atoms with Crippen molar-refractivity contribution in [3.63, 3.8) is 0 Å². The Balaban J connectivity index is 1.32. The molecule has 15 nitrogen and oxygen atoms in total. The van der Waals surface area contributed by atoms with Crippen LogP contribution in [0, 0.1) is 17.8 Å². The van der Waals surface area contributed by atoms with E-state index in [4.69, 9.17) is 9.47 Å². The fraction of sp³-hybridized carbons (Fsp3) is 0.683. The van der Waals surface area contributed by atoms with E-state index in [-0.39, 0.29) is 18.9 Å². The van der Waals surface area contributed by atoms with Gasteiger partial charge in [-0.25, -0.2) is 4.79 Å². The van der Waals surface area contributed by atoms with Crippen molar-refractivity contribution in [1.29, 1.82) is 0 Å². The quantitative estimate of drug-likeness (QED) is 0.192. The number of hydrogen-bond acceptors (Lipinski definition) is 9. The van der Waals surface area contributed by atoms with Crippen LogP contribution in [0.15, 0.2) is 30.3 Å². The van der Waals surface area contributed by atoms with E-state index in [2.05, 4.69) is 21.3 Å². The fourth-order valence-corrected chi connectivity index (χ4v) is 8.29. The van der Waals surface area contributed by atoms with Crippen molar-refractivity contribution in [2.24, 2.45) is 17.8 Å². The molecule has 2 saturated carbocycles. The minimum absolute atomic E-state index is 0.0404. The summed E-state index contributed by atoms with van der Waals surface area (Å²) in [6, 6.07) is 3.61. The molecule has 0 radical (unpaired) electrons. The van der Waals surface area contributed by atoms with Gasteiger partial charge in [0.1, 0.15) is 18.1 Å². The summed E-state index contributed by atoms with van der Waals surface area (Å²) in [7, 11) is 3.07. The van der Waals surface area contributed by atoms with Gasteiger partial charge in [-0.1, -0.05) is 62.4 Å². The zero-order valence-corrected chi connectivity index (χ0v) is 34.5. The summed E-state index contributed by atoms with van der Waals surface area (Å²) in [5, 5.41) is 10.0. The maximum Gasteiger partial charge on any atom is 0.427 e. The lowest BCUT2D eigenvalue weighted by molar-refractivity contribution is -0.244. The molecule has 5 rings (SSSR count). The van der Waals surface area contributed by atoms with E-state index in [1.54, 1.807) is 30.3 Å². The van der Waals surface area contributed by atoms with Gasteiger partial charge in [-0.15, -0.1) is 0 Å². The molecular formula is C41H57F3N6O9. The number of likely N-dealkylation sites (N-methyl/N-ethyl adjacent to an activating group) is 1. The Morgan fingerprint density at radius 2 is 1.58 bits per heavy atom. The number of carbonyl (C=O) groups excluding carboxylic acids is 7. The molecule has 6 atom stereocenters. The number of benzene rings is 1. The number of Topliss-reactive ketones (excluding diaryl/α,β-unsaturated/α-hetero) is 1. The standard InChI is InChI=1S/C41H57F3N6O9/c1-39(2)20-26-28(58-39)22-50(37(56)31(25-15-11-8-12-16-25)48-38(57)59-40(3,4)41(42,43)44)32(26)34(53)46-27(19-23-17-18-23)33(52)35(54)45-21-29(51)47-30(36(55)49(5)6)24-13-9-7-10-14-24/h7,9-10,13-14,23,25-28,30-32H,8,11-12,15-22H2,1-6H3,(H,45,54)(H,46,53)(H,47,51)(H,48,57)/t26-,27-,28-,30-,31-,32-/m0/s1. The molecule has 4 fully saturated rings. The lowest BCUT2D eigenvalue weighted by atomic mass is 9.83. The predicted molar refractivity (Wildman–Crippen MR) is 206 cm³/mol. The van der Waals surface area contributed by atoms with E-state index in [0.29, 0.717) is 38.7 Å². The van der Waals surface area contributed by atoms with Crippen LogP contribution in [-0.2, 0) is 38.2 Å². The summed E-state index contributed by atoms with van der Waals surface area (Å²) < 4.78 is 51.9. The number of nitrogens with one attached hydrogen (secondary N) is 4. The van der Waals surface area contributed by atoms with Gasteiger partial charge >= 0.3 is 12.3 Å². The number of alkyl carbamates (subject to hydrolysis) is 1. The second-order valence-electron chi connectivity index (χ2n) is 17.6. The highest BCUT2D eigenvalue weighted by Gasteiger charge is 2.57. The van der Waals surface area contributed by atoms with Crippen LogP contribution in [0.2, 0.25) is 0 Å². The number of rotatable bonds is 15. The number of ketones is 1. The topological polar surface area (TPSA) is 193 Å². The molecule has 0 spiro atoms. The van der Waals surface area contributed by atoms with Gasteiger partial charge < -0.3 is 40.5 Å². The van der Waals surface area contributed by atoms with Crippen molar-refractivity contribution in [1.82, 2.24) is 31.1 Å². The van der Waals surface area contributed by atoms with Crippen molar-refractivity contribution in [3.8, 4) is 0 Å². The Bertz CT molecular complexity index is 1750. The van der Waals surface area contributed by atoms with Crippen molar-refractivity contribution < 1.29 is 56.2 Å². The Kier molecular flexibility index (Phi) is 14.0. The van der Waals surface area contributed by atoms with E-state index in [9.17, 15) is 46.7 Å². The molecule has 2 saturated heterocycles. The van der Waals surface area contributed by atoms with Gasteiger partial charge in [-0.3, -0.25) is 28.8 Å². The van der Waals surface area contributed by atoms with Gasteiger partial charge in [0.25, 0.3) is 5.91 Å². The van der Waals surface area contributed by atoms with Gasteiger partial charge in [0, 0.05) is 26.6 Å². The summed E-state index contributed by atoms with van der Waals surface area (Å²) in [6.45, 7) is 4.39. The average molecular weight is 835 g/mol. The monoisotopic (exact) mass is 834 g/mol. The van der Waals surface area contributed by atoms with Crippen LogP contribution in [-0.4, -0.2) is 120 Å². The van der Waals surface area contributed by atoms with Crippen LogP contribution < -0.4 is 21.3 Å². The van der Waals surface area contributed by atoms with Crippen molar-refractivity contribution >= 4 is 41.4 Å². The molecule has 2 heterocycles. The first-order valence-corrected chi connectivity index (χ1v) is 20.3. The summed E-state index contributed by atoms with van der Waals surface area (Å²) >= 11 is 0. The Morgan fingerprint density at radius 3 is 2.17 bits per heavy atom. The van der Waals surface area contributed by atoms with Crippen molar-refractivity contribution in [2.45, 2.75) is 133 Å². The van der Waals surface area contributed by atoms with Crippen LogP contribution in [0.1, 0.15) is 97.1 Å². The Labute approximate surface area is 342 Å². The molecule has 0 unspecified atom stereocenters. The van der Waals surface area contributed by atoms with E-state index in [0.717, 1.165) is 32.1 Å². The highest BCUT2D eigenvalue weighted by Crippen LogP contribution is 2.44. The number of alkyl halides is 3. The lowest BCUT2D eigenvalue weighted by Crippen LogP contribution is -2.60. The largest absolute Gasteiger partial charge is 0.434 e. The number of halogens is 3. The van der Waals surface area contributed by atoms with Crippen molar-refractivity contribution in [2.75, 3.05) is 27.2 Å². The second-order valence-corrected chi connectivity index (χ2v) is 17.6. The lowest BCUT2D eigenvalue weighted by Gasteiger charge is -2.36. The van der Waals surface area contributed by atoms with E-state index >= 15 is 0 Å². The van der Waals surface area contributed by atoms with Crippen molar-refractivity contribution in [3.05, 3.63) is 35.9 Å². The first kappa shape index (κ1) is 45.3. The highest BCUT2D eigenvalue weighted by molar-refractivity contribution is 6.38. The molecular weight excluding hydrogens is 777 g/mol. The number of fused-ring (bicyclic) bond motifs is 1. The molecule has 2 aliphatic heterocycles. The van der Waals surface area contributed by atoms with E-state index in [1.165, 1.54) is 23.9 Å². The van der Waals surface area contributed by atoms with Gasteiger partial charge in [0.05, 0.1) is 24.3 Å². The van der Waals surface area contributed by atoms with E-state index < -0.39 is 107 Å². The summed E-state index contributed by atoms with van der Waals surface area (Å²) in [4.78, 5) is 97.5. The molecule has 0 bridgehead atoms. The molecule has 59 heavy (non-hydrogen) atoms. The zero-order valence-electron chi connectivity index (χ0n) is 34.5. The predicted octanol–water partition coefficient (Wildman–Crippen LogP) is 3.31. The van der Waals surface area contributed by atoms with E-state index in [1.807, 2.05) is 13.8 Å². The van der Waals surface area contributed by atoms with Crippen LogP contribution in [0.4, 0.5) is 18.0 Å². The smallest absolute Gasteiger partial charge is 0.427 e. The maximum absolute atomic E-state index is 14.6. The minimum Gasteiger partial charge on any atom is -0.434 e. The molecule has 0 aromatic heterocycles. The van der Waals surface area contributed by atoms with Crippen LogP contribution >= 0.6 is 0 Å². The van der Waals surface area contributed by atoms with Gasteiger partial charge in [-0.2, -0.15) is 13.2 Å². The molecule has 4 N–H and O–H groups in total. The normalized spacial score (nSPS) is 23.2. The van der Waals surface area contributed by atoms with Crippen LogP contribution in [0.3, 0.4) is 0 Å². The molecule has 1 aromatic rings. The Morgan fingerprint density at radius 1 is 0.932 bits per heavy atom. The first-order valence-electron chi connectivity index (χ1n) is 20.3. The van der Waals surface area contributed by atoms with Gasteiger partial charge in [0.2, 0.25) is 35.0 Å². The number of likely N-dealkylation sites (tertiary alicyclic amines) is 1. The number of ether oxygens (including phenoxy) is 2. The third kappa shape index (κ3) is 11.3. The summed E-state index contributed by atoms with van der Waals surface area (Å²) in [6.07, 6.45) is -1.58. The second kappa shape index (κ2) is 18.3. The number of amides is 6. The Hall–Kier alpha value is -4.74. The third-order valence-electron chi connectivity index (χ3n) is 11.7. The zero-order chi connectivity index (χ0) is 43.4. The summed E-state index contributed by atoms with van der Waals surface area (Å²) in [5.41, 5.74) is -3.01. The molecule has 4 aliphatic rings. The maximum atomic E-state index is 14.6. The van der Waals surface area contributed by atoms with Gasteiger partial charge in [0.15, 0.2) is 0 Å². The minimum atomic E-state index is -4.88. The van der Waals surface area contributed by atoms with Crippen LogP contribution in [0.25, 0.3) is 0 Å². The van der Waals surface area contributed by atoms with Crippen LogP contribution in [0.5, 0.6) is 0 Å². The molecule has 2 aliphatic carbocycles. The third-order valence-corrected chi connectivity index (χ3v) is 11.7. The summed E-state index contributed by atoms with van der Waals surface area (Å²) in [5.74, 6) is -5.67. The SMILES string of the molecule is CN(C)C(=O)[C@@H](NC(=O)CNC(=O)C(=O)[C@H](CC1CC1)NC(=O)[C@@H]1[C@H]2CC(C)(C)O[C@H]2CN1C(=O)[C@@H](NC(=O)OC(C)(C)C(F)(F)F)C1CCCCC1)c1ccccc1. The molecule has 1 aromatic carbocycles. The molecule has 326 valence electrons. The number of nitrogens with zero attached hydrogens (tertiary/aromatic N) is 2. The number of hydrogen-bond donors (Lipinski definition) is 4. The van der Waals surface area contributed by atoms with Gasteiger partial charge in [-0.05, 0) is 70.8 Å². The first-order chi connectivity index (χ1) is 27.6. The number of carbonyl (C=O) groups is 7.